The Kier molecular flexibility index (Phi) is 5.13. The van der Waals surface area contributed by atoms with Crippen LogP contribution in [0.15, 0.2) is 36.4 Å². The molecule has 0 aliphatic rings. The number of anilines is 1. The Hall–Kier alpha value is -2.96. The second-order valence-electron chi connectivity index (χ2n) is 5.15. The van der Waals surface area contributed by atoms with Crippen LogP contribution in [0.3, 0.4) is 0 Å². The molecule has 2 aromatic rings. The summed E-state index contributed by atoms with van der Waals surface area (Å²) >= 11 is 0. The summed E-state index contributed by atoms with van der Waals surface area (Å²) in [5.41, 5.74) is 0.00535. The van der Waals surface area contributed by atoms with Gasteiger partial charge in [0.2, 0.25) is 0 Å². The number of para-hydroxylation sites is 1. The highest BCUT2D eigenvalue weighted by molar-refractivity contribution is 5.98. The molecule has 0 heterocycles. The Bertz CT molecular complexity index is 772. The van der Waals surface area contributed by atoms with Gasteiger partial charge in [-0.25, -0.2) is 13.6 Å². The second-order valence-corrected chi connectivity index (χ2v) is 5.15. The number of carbonyl (C=O) groups excluding carboxylic acids is 2. The van der Waals surface area contributed by atoms with E-state index in [1.807, 2.05) is 5.32 Å². The van der Waals surface area contributed by atoms with Crippen molar-refractivity contribution in [1.82, 2.24) is 0 Å². The van der Waals surface area contributed by atoms with Gasteiger partial charge in [-0.05, 0) is 43.7 Å². The van der Waals surface area contributed by atoms with Crippen molar-refractivity contribution in [2.24, 2.45) is 0 Å². The molecule has 0 saturated heterocycles. The first kappa shape index (κ1) is 17.4. The number of aromatic hydroxyl groups is 1. The maximum atomic E-state index is 13.5. The zero-order chi connectivity index (χ0) is 17.9. The van der Waals surface area contributed by atoms with Crippen LogP contribution in [0.1, 0.15) is 22.8 Å². The van der Waals surface area contributed by atoms with Crippen LogP contribution in [0.4, 0.5) is 14.5 Å². The predicted octanol–water partition coefficient (Wildman–Crippen LogP) is 3.16. The Labute approximate surface area is 136 Å². The van der Waals surface area contributed by atoms with Crippen LogP contribution in [0.5, 0.6) is 5.75 Å². The number of ether oxygens (including phenoxy) is 1. The van der Waals surface area contributed by atoms with E-state index in [1.165, 1.54) is 19.1 Å². The number of rotatable bonds is 4. The number of phenolic OH excluding ortho intramolecular Hbond substituents is 1. The van der Waals surface area contributed by atoms with Gasteiger partial charge >= 0.3 is 5.97 Å². The highest BCUT2D eigenvalue weighted by Crippen LogP contribution is 2.21. The molecule has 2 aromatic carbocycles. The van der Waals surface area contributed by atoms with E-state index in [0.717, 1.165) is 23.8 Å². The average Bonchev–Trinajstić information content (AvgIpc) is 2.50. The summed E-state index contributed by atoms with van der Waals surface area (Å²) < 4.78 is 31.9. The molecule has 0 unspecified atom stereocenters. The highest BCUT2D eigenvalue weighted by atomic mass is 19.1. The van der Waals surface area contributed by atoms with Gasteiger partial charge in [-0.1, -0.05) is 12.1 Å². The van der Waals surface area contributed by atoms with Gasteiger partial charge in [0.15, 0.2) is 6.10 Å². The molecule has 0 fully saturated rings. The number of nitrogens with one attached hydrogen (secondary N) is 1. The molecule has 0 saturated carbocycles. The van der Waals surface area contributed by atoms with Crippen LogP contribution < -0.4 is 5.32 Å². The van der Waals surface area contributed by atoms with Gasteiger partial charge in [0, 0.05) is 0 Å². The van der Waals surface area contributed by atoms with Gasteiger partial charge in [0.25, 0.3) is 5.91 Å². The maximum absolute atomic E-state index is 13.5. The van der Waals surface area contributed by atoms with Crippen LogP contribution >= 0.6 is 0 Å². The van der Waals surface area contributed by atoms with Crippen molar-refractivity contribution >= 4 is 17.6 Å². The molecule has 2 N–H and O–H groups in total. The molecule has 5 nitrogen and oxygen atoms in total. The highest BCUT2D eigenvalue weighted by Gasteiger charge is 2.22. The zero-order valence-corrected chi connectivity index (χ0v) is 13.0. The summed E-state index contributed by atoms with van der Waals surface area (Å²) in [6.45, 7) is 2.98. The number of phenols is 1. The van der Waals surface area contributed by atoms with Crippen molar-refractivity contribution in [3.05, 3.63) is 59.2 Å². The van der Waals surface area contributed by atoms with Gasteiger partial charge in [0.1, 0.15) is 28.6 Å². The minimum absolute atomic E-state index is 0.114. The zero-order valence-electron chi connectivity index (χ0n) is 13.0. The monoisotopic (exact) mass is 335 g/mol. The topological polar surface area (TPSA) is 75.6 Å². The van der Waals surface area contributed by atoms with E-state index in [-0.39, 0.29) is 11.3 Å². The molecule has 7 heteroatoms. The number of benzene rings is 2. The fourth-order valence-corrected chi connectivity index (χ4v) is 1.93. The van der Waals surface area contributed by atoms with Crippen LogP contribution in [-0.2, 0) is 9.53 Å². The molecule has 0 radical (unpaired) electrons. The predicted molar refractivity (Wildman–Crippen MR) is 82.7 cm³/mol. The third kappa shape index (κ3) is 3.87. The molecular formula is C17H15F2NO4. The SMILES string of the molecule is Cc1ccc(C(=O)O[C@@H](C)C(=O)Nc2c(F)cccc2F)c(O)c1. The smallest absolute Gasteiger partial charge is 0.342 e. The lowest BCUT2D eigenvalue weighted by molar-refractivity contribution is -0.123. The van der Waals surface area contributed by atoms with Crippen molar-refractivity contribution < 1.29 is 28.2 Å². The molecule has 24 heavy (non-hydrogen) atoms. The molecule has 0 aromatic heterocycles. The number of amides is 1. The largest absolute Gasteiger partial charge is 0.507 e. The summed E-state index contributed by atoms with van der Waals surface area (Å²) in [7, 11) is 0. The summed E-state index contributed by atoms with van der Waals surface area (Å²) in [6, 6.07) is 7.45. The molecular weight excluding hydrogens is 320 g/mol. The molecule has 0 aliphatic heterocycles. The van der Waals surface area contributed by atoms with Crippen LogP contribution in [0.25, 0.3) is 0 Å². The first-order valence-electron chi connectivity index (χ1n) is 7.05. The summed E-state index contributed by atoms with van der Waals surface area (Å²) in [4.78, 5) is 23.9. The number of hydrogen-bond donors (Lipinski definition) is 2. The summed E-state index contributed by atoms with van der Waals surface area (Å²) in [5, 5.41) is 11.8. The lowest BCUT2D eigenvalue weighted by atomic mass is 10.1. The lowest BCUT2D eigenvalue weighted by Gasteiger charge is -2.14. The van der Waals surface area contributed by atoms with E-state index in [2.05, 4.69) is 0 Å². The minimum atomic E-state index is -1.32. The Balaban J connectivity index is 2.07. The molecule has 0 spiro atoms. The van der Waals surface area contributed by atoms with Crippen molar-refractivity contribution in [3.8, 4) is 5.75 Å². The van der Waals surface area contributed by atoms with Gasteiger partial charge in [-0.3, -0.25) is 4.79 Å². The van der Waals surface area contributed by atoms with E-state index >= 15 is 0 Å². The van der Waals surface area contributed by atoms with Crippen molar-refractivity contribution in [1.29, 1.82) is 0 Å². The fraction of sp³-hybridized carbons (Fsp3) is 0.176. The summed E-state index contributed by atoms with van der Waals surface area (Å²) in [5.74, 6) is -4.01. The minimum Gasteiger partial charge on any atom is -0.507 e. The van der Waals surface area contributed by atoms with E-state index in [4.69, 9.17) is 4.74 Å². The number of halogens is 2. The first-order valence-corrected chi connectivity index (χ1v) is 7.05. The third-order valence-corrected chi connectivity index (χ3v) is 3.24. The van der Waals surface area contributed by atoms with Crippen LogP contribution in [-0.4, -0.2) is 23.1 Å². The lowest BCUT2D eigenvalue weighted by Crippen LogP contribution is -2.30. The Morgan fingerprint density at radius 2 is 1.79 bits per heavy atom. The van der Waals surface area contributed by atoms with E-state index in [1.54, 1.807) is 13.0 Å². The molecule has 126 valence electrons. The van der Waals surface area contributed by atoms with Crippen LogP contribution in [0, 0.1) is 18.6 Å². The number of esters is 1. The van der Waals surface area contributed by atoms with Crippen molar-refractivity contribution in [3.63, 3.8) is 0 Å². The maximum Gasteiger partial charge on any atom is 0.342 e. The fourth-order valence-electron chi connectivity index (χ4n) is 1.93. The standard InChI is InChI=1S/C17H15F2NO4/c1-9-6-7-11(14(21)8-9)17(23)24-10(2)16(22)20-15-12(18)4-3-5-13(15)19/h3-8,10,21H,1-2H3,(H,20,22)/t10-/m0/s1. The van der Waals surface area contributed by atoms with E-state index < -0.39 is 35.3 Å². The third-order valence-electron chi connectivity index (χ3n) is 3.24. The quantitative estimate of drug-likeness (QED) is 0.842. The number of carbonyl (C=O) groups is 2. The molecule has 1 amide bonds. The Morgan fingerprint density at radius 1 is 1.17 bits per heavy atom. The van der Waals surface area contributed by atoms with Crippen molar-refractivity contribution in [2.45, 2.75) is 20.0 Å². The number of aryl methyl sites for hydroxylation is 1. The van der Waals surface area contributed by atoms with Crippen LogP contribution in [0.2, 0.25) is 0 Å². The van der Waals surface area contributed by atoms with E-state index in [9.17, 15) is 23.5 Å². The normalized spacial score (nSPS) is 11.7. The van der Waals surface area contributed by atoms with Gasteiger partial charge in [-0.15, -0.1) is 0 Å². The van der Waals surface area contributed by atoms with Crippen molar-refractivity contribution in [2.75, 3.05) is 5.32 Å². The van der Waals surface area contributed by atoms with E-state index in [0.29, 0.717) is 0 Å². The van der Waals surface area contributed by atoms with Gasteiger partial charge in [-0.2, -0.15) is 0 Å². The summed E-state index contributed by atoms with van der Waals surface area (Å²) in [6.07, 6.45) is -1.32. The first-order chi connectivity index (χ1) is 11.3. The molecule has 0 bridgehead atoms. The van der Waals surface area contributed by atoms with Gasteiger partial charge in [0.05, 0.1) is 0 Å². The molecule has 1 atom stereocenters. The number of hydrogen-bond acceptors (Lipinski definition) is 4. The van der Waals surface area contributed by atoms with Gasteiger partial charge < -0.3 is 15.2 Å². The Morgan fingerprint density at radius 3 is 2.38 bits per heavy atom. The molecule has 0 aliphatic carbocycles. The second kappa shape index (κ2) is 7.08. The molecule has 2 rings (SSSR count). The average molecular weight is 335 g/mol.